The number of hydrogen-bond acceptors (Lipinski definition) is 7. The molecule has 0 saturated carbocycles. The molecule has 0 bridgehead atoms. The number of benzene rings is 2. The van der Waals surface area contributed by atoms with E-state index in [1.54, 1.807) is 6.07 Å². The number of hydrazine groups is 1. The van der Waals surface area contributed by atoms with Crippen LogP contribution in [-0.4, -0.2) is 44.2 Å². The zero-order valence-electron chi connectivity index (χ0n) is 19.7. The van der Waals surface area contributed by atoms with Crippen molar-refractivity contribution in [3.8, 4) is 17.2 Å². The Morgan fingerprint density at radius 1 is 0.824 bits per heavy atom. The van der Waals surface area contributed by atoms with E-state index in [9.17, 15) is 14.4 Å². The number of rotatable bonds is 8. The molecule has 34 heavy (non-hydrogen) atoms. The fourth-order valence-corrected chi connectivity index (χ4v) is 3.02. The summed E-state index contributed by atoms with van der Waals surface area (Å²) >= 11 is 5.04. The zero-order chi connectivity index (χ0) is 25.3. The lowest BCUT2D eigenvalue weighted by Gasteiger charge is -2.15. The molecule has 3 amide bonds. The highest BCUT2D eigenvalue weighted by Gasteiger charge is 2.18. The first kappa shape index (κ1) is 26.4. The molecule has 2 rings (SSSR count). The van der Waals surface area contributed by atoms with E-state index >= 15 is 0 Å². The summed E-state index contributed by atoms with van der Waals surface area (Å²) in [5.41, 5.74) is 7.83. The summed E-state index contributed by atoms with van der Waals surface area (Å²) in [4.78, 5) is 36.6. The summed E-state index contributed by atoms with van der Waals surface area (Å²) in [6, 6.07) is 8.51. The van der Waals surface area contributed by atoms with Gasteiger partial charge in [-0.15, -0.1) is 0 Å². The number of ether oxygens (including phenoxy) is 3. The van der Waals surface area contributed by atoms with Crippen LogP contribution in [0.2, 0.25) is 0 Å². The molecule has 0 heterocycles. The van der Waals surface area contributed by atoms with Crippen LogP contribution in [0.25, 0.3) is 0 Å². The van der Waals surface area contributed by atoms with Gasteiger partial charge in [0, 0.05) is 24.1 Å². The number of hydrogen-bond donors (Lipinski definition) is 4. The molecule has 0 atom stereocenters. The first-order valence-electron chi connectivity index (χ1n) is 10.3. The molecule has 0 spiro atoms. The van der Waals surface area contributed by atoms with E-state index in [0.29, 0.717) is 22.9 Å². The second-order valence-corrected chi connectivity index (χ2v) is 7.63. The molecule has 0 aliphatic heterocycles. The Labute approximate surface area is 203 Å². The Balaban J connectivity index is 1.82. The van der Waals surface area contributed by atoms with Gasteiger partial charge in [-0.2, -0.15) is 0 Å². The molecule has 182 valence electrons. The Hall–Kier alpha value is -3.86. The standard InChI is InChI=1S/C23H28N4O6S/c1-13-6-7-16(10-14(13)2)24-19(28)8-9-20(29)26-27-23(34)25-22(30)15-11-17(31-3)21(33-5)18(12-15)32-4/h6-7,10-12H,8-9H2,1-5H3,(H,24,28)(H,26,29)(H2,25,27,30,34). The van der Waals surface area contributed by atoms with E-state index in [1.807, 2.05) is 26.0 Å². The molecule has 0 aromatic heterocycles. The molecular formula is C23H28N4O6S. The maximum Gasteiger partial charge on any atom is 0.257 e. The summed E-state index contributed by atoms with van der Waals surface area (Å²) in [7, 11) is 4.32. The zero-order valence-corrected chi connectivity index (χ0v) is 20.5. The van der Waals surface area contributed by atoms with Crippen molar-refractivity contribution in [3.63, 3.8) is 0 Å². The Bertz CT molecular complexity index is 1060. The van der Waals surface area contributed by atoms with Gasteiger partial charge in [-0.05, 0) is 61.5 Å². The van der Waals surface area contributed by atoms with Crippen LogP contribution in [0.15, 0.2) is 30.3 Å². The van der Waals surface area contributed by atoms with Gasteiger partial charge in [-0.25, -0.2) is 0 Å². The van der Waals surface area contributed by atoms with Crippen LogP contribution < -0.4 is 35.7 Å². The largest absolute Gasteiger partial charge is 0.493 e. The van der Waals surface area contributed by atoms with Gasteiger partial charge in [0.25, 0.3) is 5.91 Å². The highest BCUT2D eigenvalue weighted by atomic mass is 32.1. The molecule has 2 aromatic rings. The smallest absolute Gasteiger partial charge is 0.257 e. The molecule has 0 fully saturated rings. The summed E-state index contributed by atoms with van der Waals surface area (Å²) in [6.45, 7) is 3.93. The number of anilines is 1. The first-order chi connectivity index (χ1) is 16.2. The number of aryl methyl sites for hydroxylation is 2. The number of carbonyl (C=O) groups is 3. The predicted molar refractivity (Wildman–Crippen MR) is 131 cm³/mol. The maximum absolute atomic E-state index is 12.5. The van der Waals surface area contributed by atoms with Crippen molar-refractivity contribution >= 4 is 40.7 Å². The predicted octanol–water partition coefficient (Wildman–Crippen LogP) is 2.38. The van der Waals surface area contributed by atoms with E-state index in [1.165, 1.54) is 33.5 Å². The third-order valence-corrected chi connectivity index (χ3v) is 5.04. The number of thiocarbonyl (C=S) groups is 1. The van der Waals surface area contributed by atoms with Crippen LogP contribution in [0, 0.1) is 13.8 Å². The minimum absolute atomic E-state index is 0.0228. The van der Waals surface area contributed by atoms with Crippen molar-refractivity contribution in [2.45, 2.75) is 26.7 Å². The van der Waals surface area contributed by atoms with Gasteiger partial charge in [0.15, 0.2) is 16.6 Å². The fraction of sp³-hybridized carbons (Fsp3) is 0.304. The average Bonchev–Trinajstić information content (AvgIpc) is 2.82. The van der Waals surface area contributed by atoms with Crippen LogP contribution in [0.5, 0.6) is 17.2 Å². The molecule has 0 unspecified atom stereocenters. The van der Waals surface area contributed by atoms with Crippen molar-refractivity contribution in [2.75, 3.05) is 26.6 Å². The first-order valence-corrected chi connectivity index (χ1v) is 10.7. The Morgan fingerprint density at radius 2 is 1.44 bits per heavy atom. The van der Waals surface area contributed by atoms with Crippen LogP contribution in [0.4, 0.5) is 5.69 Å². The van der Waals surface area contributed by atoms with Gasteiger partial charge >= 0.3 is 0 Å². The molecule has 2 aromatic carbocycles. The lowest BCUT2D eigenvalue weighted by Crippen LogP contribution is -2.48. The van der Waals surface area contributed by atoms with Gasteiger partial charge in [0.2, 0.25) is 17.6 Å². The number of methoxy groups -OCH3 is 3. The summed E-state index contributed by atoms with van der Waals surface area (Å²) in [5, 5.41) is 5.05. The van der Waals surface area contributed by atoms with Crippen molar-refractivity contribution in [1.82, 2.24) is 16.2 Å². The SMILES string of the molecule is COc1cc(C(=O)NC(=S)NNC(=O)CCC(=O)Nc2ccc(C)c(C)c2)cc(OC)c1OC. The van der Waals surface area contributed by atoms with Gasteiger partial charge in [-0.3, -0.25) is 30.6 Å². The fourth-order valence-electron chi connectivity index (χ4n) is 2.88. The van der Waals surface area contributed by atoms with Crippen molar-refractivity contribution in [3.05, 3.63) is 47.0 Å². The van der Waals surface area contributed by atoms with Crippen LogP contribution >= 0.6 is 12.2 Å². The molecule has 4 N–H and O–H groups in total. The van der Waals surface area contributed by atoms with Crippen molar-refractivity contribution < 1.29 is 28.6 Å². The quantitative estimate of drug-likeness (QED) is 0.330. The second-order valence-electron chi connectivity index (χ2n) is 7.22. The van der Waals surface area contributed by atoms with Gasteiger partial charge < -0.3 is 19.5 Å². The molecule has 0 aliphatic carbocycles. The molecule has 11 heteroatoms. The van der Waals surface area contributed by atoms with Crippen LogP contribution in [0.3, 0.4) is 0 Å². The summed E-state index contributed by atoms with van der Waals surface area (Å²) in [6.07, 6.45) is -0.0991. The molecule has 0 aliphatic rings. The lowest BCUT2D eigenvalue weighted by atomic mass is 10.1. The third kappa shape index (κ3) is 7.34. The highest BCUT2D eigenvalue weighted by Crippen LogP contribution is 2.38. The normalized spacial score (nSPS) is 10.0. The van der Waals surface area contributed by atoms with Gasteiger partial charge in [-0.1, -0.05) is 6.07 Å². The lowest BCUT2D eigenvalue weighted by molar-refractivity contribution is -0.124. The summed E-state index contributed by atoms with van der Waals surface area (Å²) < 4.78 is 15.7. The monoisotopic (exact) mass is 488 g/mol. The Kier molecular flexibility index (Phi) is 9.62. The topological polar surface area (TPSA) is 127 Å². The van der Waals surface area contributed by atoms with Gasteiger partial charge in [0.1, 0.15) is 0 Å². The molecule has 10 nitrogen and oxygen atoms in total. The minimum atomic E-state index is -0.557. The van der Waals surface area contributed by atoms with E-state index < -0.39 is 11.8 Å². The third-order valence-electron chi connectivity index (χ3n) is 4.84. The number of amides is 3. The van der Waals surface area contributed by atoms with Crippen molar-refractivity contribution in [2.24, 2.45) is 0 Å². The maximum atomic E-state index is 12.5. The van der Waals surface area contributed by atoms with E-state index in [-0.39, 0.29) is 29.4 Å². The van der Waals surface area contributed by atoms with E-state index in [0.717, 1.165) is 11.1 Å². The average molecular weight is 489 g/mol. The van der Waals surface area contributed by atoms with E-state index in [2.05, 4.69) is 21.5 Å². The molecule has 0 radical (unpaired) electrons. The minimum Gasteiger partial charge on any atom is -0.493 e. The highest BCUT2D eigenvalue weighted by molar-refractivity contribution is 7.80. The Morgan fingerprint density at radius 3 is 2.00 bits per heavy atom. The van der Waals surface area contributed by atoms with Crippen molar-refractivity contribution in [1.29, 1.82) is 0 Å². The second kappa shape index (κ2) is 12.4. The van der Waals surface area contributed by atoms with E-state index in [4.69, 9.17) is 26.4 Å². The molecule has 0 saturated heterocycles. The van der Waals surface area contributed by atoms with Crippen LogP contribution in [-0.2, 0) is 9.59 Å². The van der Waals surface area contributed by atoms with Crippen LogP contribution in [0.1, 0.15) is 34.3 Å². The summed E-state index contributed by atoms with van der Waals surface area (Å²) in [5.74, 6) is -0.373. The number of nitrogens with one attached hydrogen (secondary N) is 4. The molecular weight excluding hydrogens is 460 g/mol. The van der Waals surface area contributed by atoms with Gasteiger partial charge in [0.05, 0.1) is 21.3 Å². The number of carbonyl (C=O) groups excluding carboxylic acids is 3.